The number of carbonyl (C=O) groups excluding carboxylic acids is 1. The second-order valence-electron chi connectivity index (χ2n) is 4.01. The molecule has 2 N–H and O–H groups in total. The van der Waals surface area contributed by atoms with Crippen molar-refractivity contribution in [3.8, 4) is 0 Å². The van der Waals surface area contributed by atoms with Gasteiger partial charge in [-0.1, -0.05) is 0 Å². The third-order valence-electron chi connectivity index (χ3n) is 2.56. The first-order chi connectivity index (χ1) is 7.83. The first kappa shape index (κ1) is 14.0. The maximum Gasteiger partial charge on any atom is 0.315 e. The predicted octanol–water partition coefficient (Wildman–Crippen LogP) is 2.32. The molecule has 1 unspecified atom stereocenters. The van der Waals surface area contributed by atoms with Crippen LogP contribution in [0.2, 0.25) is 0 Å². The van der Waals surface area contributed by atoms with E-state index < -0.39 is 0 Å². The number of unbranched alkanes of at least 4 members (excludes halogenated alkanes) is 1. The van der Waals surface area contributed by atoms with Crippen molar-refractivity contribution in [1.82, 2.24) is 10.6 Å². The summed E-state index contributed by atoms with van der Waals surface area (Å²) in [6, 6.07) is 0.390. The Kier molecular flexibility index (Phi) is 7.93. The highest BCUT2D eigenvalue weighted by atomic mass is 32.2. The van der Waals surface area contributed by atoms with E-state index in [-0.39, 0.29) is 6.03 Å². The highest BCUT2D eigenvalue weighted by molar-refractivity contribution is 7.99. The maximum absolute atomic E-state index is 11.5. The van der Waals surface area contributed by atoms with Crippen molar-refractivity contribution in [3.05, 3.63) is 0 Å². The van der Waals surface area contributed by atoms with Crippen LogP contribution in [0.5, 0.6) is 0 Å². The number of urea groups is 1. The molecule has 0 bridgehead atoms. The summed E-state index contributed by atoms with van der Waals surface area (Å²) in [4.78, 5) is 11.5. The first-order valence-corrected chi connectivity index (χ1v) is 8.49. The van der Waals surface area contributed by atoms with Crippen molar-refractivity contribution in [2.45, 2.75) is 31.7 Å². The standard InChI is InChI=1S/C11H22N2OS2/c1-15-7-3-2-6-12-11(14)13-10-5-4-8-16-9-10/h10H,2-9H2,1H3,(H2,12,13,14). The fourth-order valence-electron chi connectivity index (χ4n) is 1.66. The molecule has 3 nitrogen and oxygen atoms in total. The van der Waals surface area contributed by atoms with Crippen LogP contribution in [0.3, 0.4) is 0 Å². The molecule has 0 radical (unpaired) electrons. The molecule has 0 aromatic heterocycles. The van der Waals surface area contributed by atoms with Gasteiger partial charge in [0.1, 0.15) is 0 Å². The van der Waals surface area contributed by atoms with Crippen LogP contribution in [0.1, 0.15) is 25.7 Å². The molecule has 1 saturated heterocycles. The van der Waals surface area contributed by atoms with Crippen LogP contribution in [0.25, 0.3) is 0 Å². The predicted molar refractivity (Wildman–Crippen MR) is 74.5 cm³/mol. The minimum atomic E-state index is 0.0108. The summed E-state index contributed by atoms with van der Waals surface area (Å²) in [5.41, 5.74) is 0. The molecule has 1 aliphatic heterocycles. The summed E-state index contributed by atoms with van der Waals surface area (Å²) in [5, 5.41) is 5.95. The van der Waals surface area contributed by atoms with Crippen LogP contribution in [-0.4, -0.2) is 42.1 Å². The SMILES string of the molecule is CSCCCCNC(=O)NC1CCCSC1. The molecule has 1 fully saturated rings. The molecule has 0 aromatic carbocycles. The zero-order chi connectivity index (χ0) is 11.6. The molecule has 1 aliphatic rings. The van der Waals surface area contributed by atoms with Crippen LogP contribution in [-0.2, 0) is 0 Å². The van der Waals surface area contributed by atoms with Gasteiger partial charge in [-0.15, -0.1) is 0 Å². The van der Waals surface area contributed by atoms with Crippen LogP contribution in [0, 0.1) is 0 Å². The number of amides is 2. The quantitative estimate of drug-likeness (QED) is 0.722. The van der Waals surface area contributed by atoms with Gasteiger partial charge in [-0.25, -0.2) is 4.79 Å². The van der Waals surface area contributed by atoms with Crippen LogP contribution < -0.4 is 10.6 Å². The molecular formula is C11H22N2OS2. The van der Waals surface area contributed by atoms with E-state index >= 15 is 0 Å². The molecule has 0 spiro atoms. The first-order valence-electron chi connectivity index (χ1n) is 5.94. The van der Waals surface area contributed by atoms with Crippen molar-refractivity contribution >= 4 is 29.6 Å². The third-order valence-corrected chi connectivity index (χ3v) is 4.47. The average Bonchev–Trinajstić information content (AvgIpc) is 2.30. The Bertz CT molecular complexity index is 196. The van der Waals surface area contributed by atoms with Gasteiger partial charge < -0.3 is 10.6 Å². The summed E-state index contributed by atoms with van der Waals surface area (Å²) in [6.07, 6.45) is 6.73. The fraction of sp³-hybridized carbons (Fsp3) is 0.909. The molecule has 1 rings (SSSR count). The van der Waals surface area contributed by atoms with Crippen LogP contribution >= 0.6 is 23.5 Å². The van der Waals surface area contributed by atoms with Gasteiger partial charge in [-0.2, -0.15) is 23.5 Å². The number of hydrogen-bond acceptors (Lipinski definition) is 3. The van der Waals surface area contributed by atoms with Gasteiger partial charge in [-0.05, 0) is 43.4 Å². The Balaban J connectivity index is 1.97. The van der Waals surface area contributed by atoms with Crippen molar-refractivity contribution in [2.24, 2.45) is 0 Å². The Morgan fingerprint density at radius 1 is 1.50 bits per heavy atom. The molecule has 0 aromatic rings. The lowest BCUT2D eigenvalue weighted by Gasteiger charge is -2.22. The Hall–Kier alpha value is -0.0300. The topological polar surface area (TPSA) is 41.1 Å². The van der Waals surface area contributed by atoms with E-state index in [1.165, 1.54) is 24.3 Å². The van der Waals surface area contributed by atoms with Crippen molar-refractivity contribution in [1.29, 1.82) is 0 Å². The number of nitrogens with one attached hydrogen (secondary N) is 2. The summed E-state index contributed by atoms with van der Waals surface area (Å²) in [5.74, 6) is 3.50. The highest BCUT2D eigenvalue weighted by Crippen LogP contribution is 2.16. The minimum Gasteiger partial charge on any atom is -0.338 e. The molecule has 16 heavy (non-hydrogen) atoms. The van der Waals surface area contributed by atoms with Gasteiger partial charge >= 0.3 is 6.03 Å². The molecule has 94 valence electrons. The smallest absolute Gasteiger partial charge is 0.315 e. The lowest BCUT2D eigenvalue weighted by atomic mass is 10.2. The Morgan fingerprint density at radius 2 is 2.38 bits per heavy atom. The molecule has 1 heterocycles. The minimum absolute atomic E-state index is 0.0108. The van der Waals surface area contributed by atoms with E-state index in [2.05, 4.69) is 16.9 Å². The summed E-state index contributed by atoms with van der Waals surface area (Å²) >= 11 is 3.79. The molecule has 0 aliphatic carbocycles. The third kappa shape index (κ3) is 6.53. The average molecular weight is 262 g/mol. The molecule has 5 heteroatoms. The second kappa shape index (κ2) is 9.05. The molecular weight excluding hydrogens is 240 g/mol. The maximum atomic E-state index is 11.5. The Labute approximate surface area is 107 Å². The zero-order valence-corrected chi connectivity index (χ0v) is 11.6. The van der Waals surface area contributed by atoms with Crippen molar-refractivity contribution in [3.63, 3.8) is 0 Å². The zero-order valence-electron chi connectivity index (χ0n) is 9.96. The lowest BCUT2D eigenvalue weighted by Crippen LogP contribution is -2.44. The van der Waals surface area contributed by atoms with Gasteiger partial charge in [0.2, 0.25) is 0 Å². The van der Waals surface area contributed by atoms with E-state index in [0.717, 1.165) is 25.1 Å². The summed E-state index contributed by atoms with van der Waals surface area (Å²) in [6.45, 7) is 0.798. The highest BCUT2D eigenvalue weighted by Gasteiger charge is 2.15. The van der Waals surface area contributed by atoms with E-state index in [9.17, 15) is 4.79 Å². The Morgan fingerprint density at radius 3 is 3.06 bits per heavy atom. The number of rotatable bonds is 6. The van der Waals surface area contributed by atoms with E-state index in [1.54, 1.807) is 0 Å². The largest absolute Gasteiger partial charge is 0.338 e. The molecule has 2 amide bonds. The van der Waals surface area contributed by atoms with Crippen molar-refractivity contribution < 1.29 is 4.79 Å². The van der Waals surface area contributed by atoms with Crippen LogP contribution in [0.15, 0.2) is 0 Å². The van der Waals surface area contributed by atoms with Gasteiger partial charge in [0.15, 0.2) is 0 Å². The van der Waals surface area contributed by atoms with Crippen molar-refractivity contribution in [2.75, 3.05) is 30.1 Å². The van der Waals surface area contributed by atoms with E-state index in [0.29, 0.717) is 6.04 Å². The number of carbonyl (C=O) groups is 1. The molecule has 0 saturated carbocycles. The number of thioether (sulfide) groups is 2. The summed E-state index contributed by atoms with van der Waals surface area (Å²) in [7, 11) is 0. The lowest BCUT2D eigenvalue weighted by molar-refractivity contribution is 0.237. The van der Waals surface area contributed by atoms with Gasteiger partial charge in [0.25, 0.3) is 0 Å². The monoisotopic (exact) mass is 262 g/mol. The second-order valence-corrected chi connectivity index (χ2v) is 6.15. The van der Waals surface area contributed by atoms with E-state index in [4.69, 9.17) is 0 Å². The van der Waals surface area contributed by atoms with Gasteiger partial charge in [0, 0.05) is 18.3 Å². The fourth-order valence-corrected chi connectivity index (χ4v) is 3.23. The summed E-state index contributed by atoms with van der Waals surface area (Å²) < 4.78 is 0. The van der Waals surface area contributed by atoms with Gasteiger partial charge in [-0.3, -0.25) is 0 Å². The number of hydrogen-bond donors (Lipinski definition) is 2. The normalized spacial score (nSPS) is 20.4. The molecule has 1 atom stereocenters. The van der Waals surface area contributed by atoms with Gasteiger partial charge in [0.05, 0.1) is 0 Å². The van der Waals surface area contributed by atoms with Crippen LogP contribution in [0.4, 0.5) is 4.79 Å². The van der Waals surface area contributed by atoms with E-state index in [1.807, 2.05) is 23.5 Å².